The summed E-state index contributed by atoms with van der Waals surface area (Å²) < 4.78 is 23.5. The third kappa shape index (κ3) is 2.84. The summed E-state index contributed by atoms with van der Waals surface area (Å²) in [5.74, 6) is 0.469. The van der Waals surface area contributed by atoms with Crippen LogP contribution >= 0.6 is 0 Å². The van der Waals surface area contributed by atoms with E-state index in [1.54, 1.807) is 12.3 Å². The number of pyridine rings is 1. The molecule has 1 saturated heterocycles. The lowest BCUT2D eigenvalue weighted by molar-refractivity contribution is 0.385. The van der Waals surface area contributed by atoms with Crippen LogP contribution in [0.15, 0.2) is 18.3 Å². The molecule has 0 aromatic carbocycles. The second-order valence-corrected chi connectivity index (χ2v) is 5.42. The standard InChI is InChI=1S/C9H15N5O2S/c10-9-2-1-8(7-12-9)13-3-5-14(6-4-13)17(11,15)16/h1-2,7H,3-6H2,(H2,10,12)(H2,11,15,16). The number of nitrogens with two attached hydrogens (primary N) is 2. The molecule has 1 fully saturated rings. The number of nitrogens with zero attached hydrogens (tertiary/aromatic N) is 3. The molecule has 1 aromatic rings. The van der Waals surface area contributed by atoms with Crippen molar-refractivity contribution in [1.29, 1.82) is 0 Å². The van der Waals surface area contributed by atoms with Gasteiger partial charge in [-0.25, -0.2) is 10.1 Å². The van der Waals surface area contributed by atoms with E-state index >= 15 is 0 Å². The molecule has 0 amide bonds. The fourth-order valence-electron chi connectivity index (χ4n) is 1.79. The van der Waals surface area contributed by atoms with Crippen LogP contribution in [-0.2, 0) is 10.2 Å². The number of rotatable bonds is 2. The fraction of sp³-hybridized carbons (Fsp3) is 0.444. The van der Waals surface area contributed by atoms with Crippen molar-refractivity contribution >= 4 is 21.7 Å². The summed E-state index contributed by atoms with van der Waals surface area (Å²) in [6.45, 7) is 1.98. The van der Waals surface area contributed by atoms with Gasteiger partial charge in [0, 0.05) is 26.2 Å². The zero-order valence-electron chi connectivity index (χ0n) is 9.28. The molecular weight excluding hydrogens is 242 g/mol. The topological polar surface area (TPSA) is 106 Å². The number of anilines is 2. The highest BCUT2D eigenvalue weighted by molar-refractivity contribution is 7.86. The SMILES string of the molecule is Nc1ccc(N2CCN(S(N)(=O)=O)CC2)cn1. The smallest absolute Gasteiger partial charge is 0.277 e. The van der Waals surface area contributed by atoms with Crippen molar-refractivity contribution < 1.29 is 8.42 Å². The van der Waals surface area contributed by atoms with Crippen LogP contribution in [0.1, 0.15) is 0 Å². The van der Waals surface area contributed by atoms with Gasteiger partial charge in [0.05, 0.1) is 11.9 Å². The number of hydrogen-bond acceptors (Lipinski definition) is 5. The molecule has 0 spiro atoms. The molecule has 0 aliphatic carbocycles. The van der Waals surface area contributed by atoms with E-state index in [4.69, 9.17) is 10.9 Å². The van der Waals surface area contributed by atoms with Crippen molar-refractivity contribution in [2.45, 2.75) is 0 Å². The zero-order chi connectivity index (χ0) is 12.5. The van der Waals surface area contributed by atoms with Gasteiger partial charge in [-0.1, -0.05) is 0 Å². The third-order valence-corrected chi connectivity index (χ3v) is 3.82. The lowest BCUT2D eigenvalue weighted by Gasteiger charge is -2.34. The highest BCUT2D eigenvalue weighted by Crippen LogP contribution is 2.16. The van der Waals surface area contributed by atoms with Gasteiger partial charge in [0.2, 0.25) is 0 Å². The maximum absolute atomic E-state index is 11.1. The van der Waals surface area contributed by atoms with Crippen molar-refractivity contribution in [1.82, 2.24) is 9.29 Å². The molecule has 1 aliphatic rings. The first-order chi connectivity index (χ1) is 7.97. The lowest BCUT2D eigenvalue weighted by atomic mass is 10.3. The molecule has 1 aromatic heterocycles. The highest BCUT2D eigenvalue weighted by Gasteiger charge is 2.23. The second-order valence-electron chi connectivity index (χ2n) is 3.87. The van der Waals surface area contributed by atoms with Gasteiger partial charge in [-0.3, -0.25) is 0 Å². The molecule has 7 nitrogen and oxygen atoms in total. The van der Waals surface area contributed by atoms with Crippen LogP contribution in [0.25, 0.3) is 0 Å². The Morgan fingerprint density at radius 1 is 1.18 bits per heavy atom. The maximum Gasteiger partial charge on any atom is 0.277 e. The van der Waals surface area contributed by atoms with E-state index in [0.717, 1.165) is 5.69 Å². The average Bonchev–Trinajstić information content (AvgIpc) is 2.29. The molecule has 0 radical (unpaired) electrons. The van der Waals surface area contributed by atoms with Crippen molar-refractivity contribution in [3.8, 4) is 0 Å². The summed E-state index contributed by atoms with van der Waals surface area (Å²) in [4.78, 5) is 6.05. The van der Waals surface area contributed by atoms with Crippen molar-refractivity contribution in [2.24, 2.45) is 5.14 Å². The Labute approximate surface area is 100 Å². The van der Waals surface area contributed by atoms with Gasteiger partial charge in [0.25, 0.3) is 10.2 Å². The first-order valence-electron chi connectivity index (χ1n) is 5.21. The zero-order valence-corrected chi connectivity index (χ0v) is 10.1. The van der Waals surface area contributed by atoms with Crippen molar-refractivity contribution in [3.05, 3.63) is 18.3 Å². The van der Waals surface area contributed by atoms with Gasteiger partial charge >= 0.3 is 0 Å². The van der Waals surface area contributed by atoms with Gasteiger partial charge in [-0.2, -0.15) is 12.7 Å². The van der Waals surface area contributed by atoms with Gasteiger partial charge in [0.1, 0.15) is 5.82 Å². The predicted octanol–water partition coefficient (Wildman–Crippen LogP) is -1.01. The third-order valence-electron chi connectivity index (χ3n) is 2.73. The van der Waals surface area contributed by atoms with Crippen molar-refractivity contribution in [3.63, 3.8) is 0 Å². The molecule has 94 valence electrons. The number of nitrogen functional groups attached to an aromatic ring is 1. The number of aromatic nitrogens is 1. The Bertz CT molecular complexity index is 479. The van der Waals surface area contributed by atoms with Crippen LogP contribution in [0.3, 0.4) is 0 Å². The predicted molar refractivity (Wildman–Crippen MR) is 65.5 cm³/mol. The van der Waals surface area contributed by atoms with E-state index in [9.17, 15) is 8.42 Å². The lowest BCUT2D eigenvalue weighted by Crippen LogP contribution is -2.50. The van der Waals surface area contributed by atoms with Gasteiger partial charge in [0.15, 0.2) is 0 Å². The molecule has 4 N–H and O–H groups in total. The number of hydrogen-bond donors (Lipinski definition) is 2. The van der Waals surface area contributed by atoms with E-state index in [1.165, 1.54) is 4.31 Å². The summed E-state index contributed by atoms with van der Waals surface area (Å²) >= 11 is 0. The fourth-order valence-corrected chi connectivity index (χ4v) is 2.46. The highest BCUT2D eigenvalue weighted by atomic mass is 32.2. The Kier molecular flexibility index (Phi) is 3.18. The van der Waals surface area contributed by atoms with E-state index in [2.05, 4.69) is 4.98 Å². The minimum atomic E-state index is -3.57. The Morgan fingerprint density at radius 3 is 2.29 bits per heavy atom. The van der Waals surface area contributed by atoms with Crippen LogP contribution in [0.2, 0.25) is 0 Å². The van der Waals surface area contributed by atoms with Crippen LogP contribution < -0.4 is 15.8 Å². The van der Waals surface area contributed by atoms with Gasteiger partial charge < -0.3 is 10.6 Å². The van der Waals surface area contributed by atoms with E-state index < -0.39 is 10.2 Å². The van der Waals surface area contributed by atoms with Crippen LogP contribution in [-0.4, -0.2) is 43.9 Å². The second kappa shape index (κ2) is 4.47. The summed E-state index contributed by atoms with van der Waals surface area (Å²) in [6, 6.07) is 3.59. The largest absolute Gasteiger partial charge is 0.384 e. The summed E-state index contributed by atoms with van der Waals surface area (Å²) in [5.41, 5.74) is 6.44. The molecule has 0 saturated carbocycles. The van der Waals surface area contributed by atoms with Crippen LogP contribution in [0.5, 0.6) is 0 Å². The normalized spacial score (nSPS) is 18.3. The molecule has 0 bridgehead atoms. The minimum absolute atomic E-state index is 0.392. The molecule has 2 rings (SSSR count). The molecule has 17 heavy (non-hydrogen) atoms. The van der Waals surface area contributed by atoms with E-state index in [1.807, 2.05) is 11.0 Å². The Morgan fingerprint density at radius 2 is 1.82 bits per heavy atom. The summed E-state index contributed by atoms with van der Waals surface area (Å²) in [5, 5.41) is 5.06. The molecule has 2 heterocycles. The Hall–Kier alpha value is -1.38. The van der Waals surface area contributed by atoms with Gasteiger partial charge in [-0.05, 0) is 12.1 Å². The summed E-state index contributed by atoms with van der Waals surface area (Å²) in [6.07, 6.45) is 1.68. The first kappa shape index (κ1) is 12.1. The molecular formula is C9H15N5O2S. The van der Waals surface area contributed by atoms with E-state index in [0.29, 0.717) is 32.0 Å². The molecule has 0 atom stereocenters. The van der Waals surface area contributed by atoms with E-state index in [-0.39, 0.29) is 0 Å². The first-order valence-corrected chi connectivity index (χ1v) is 6.71. The number of piperazine rings is 1. The summed E-state index contributed by atoms with van der Waals surface area (Å²) in [7, 11) is -3.57. The quantitative estimate of drug-likeness (QED) is 0.706. The monoisotopic (exact) mass is 257 g/mol. The average molecular weight is 257 g/mol. The Balaban J connectivity index is 2.02. The van der Waals surface area contributed by atoms with Crippen LogP contribution in [0, 0.1) is 0 Å². The van der Waals surface area contributed by atoms with Crippen molar-refractivity contribution in [2.75, 3.05) is 36.8 Å². The molecule has 1 aliphatic heterocycles. The minimum Gasteiger partial charge on any atom is -0.384 e. The van der Waals surface area contributed by atoms with Gasteiger partial charge in [-0.15, -0.1) is 0 Å². The molecule has 0 unspecified atom stereocenters. The van der Waals surface area contributed by atoms with Crippen LogP contribution in [0.4, 0.5) is 11.5 Å². The molecule has 8 heteroatoms. The maximum atomic E-state index is 11.1.